The van der Waals surface area contributed by atoms with E-state index >= 15 is 0 Å². The lowest BCUT2D eigenvalue weighted by Gasteiger charge is -2.48. The van der Waals surface area contributed by atoms with Crippen molar-refractivity contribution in [2.24, 2.45) is 5.92 Å². The van der Waals surface area contributed by atoms with Crippen LogP contribution in [0.4, 0.5) is 11.4 Å². The van der Waals surface area contributed by atoms with Gasteiger partial charge in [0.2, 0.25) is 5.91 Å². The Labute approximate surface area is 173 Å². The molecule has 1 aromatic carbocycles. The van der Waals surface area contributed by atoms with Crippen molar-refractivity contribution >= 4 is 23.2 Å². The van der Waals surface area contributed by atoms with Gasteiger partial charge >= 0.3 is 0 Å². The molecule has 4 rings (SSSR count). The van der Waals surface area contributed by atoms with Crippen LogP contribution in [0.25, 0.3) is 0 Å². The average Bonchev–Trinajstić information content (AvgIpc) is 3.30. The number of nitro benzene ring substituents is 1. The van der Waals surface area contributed by atoms with Gasteiger partial charge in [0.05, 0.1) is 23.1 Å². The molecule has 2 aliphatic heterocycles. The molecule has 0 bridgehead atoms. The maximum absolute atomic E-state index is 12.9. The van der Waals surface area contributed by atoms with Crippen molar-refractivity contribution < 1.29 is 18.9 Å². The average molecular weight is 410 g/mol. The number of benzene rings is 1. The second kappa shape index (κ2) is 8.02. The Morgan fingerprint density at radius 3 is 2.87 bits per heavy atom. The third kappa shape index (κ3) is 3.54. The van der Waals surface area contributed by atoms with Crippen molar-refractivity contribution in [3.05, 3.63) is 70.7 Å². The van der Waals surface area contributed by atoms with Crippen molar-refractivity contribution in [1.29, 1.82) is 0 Å². The third-order valence-corrected chi connectivity index (χ3v) is 5.68. The molecule has 1 fully saturated rings. The van der Waals surface area contributed by atoms with Crippen LogP contribution < -0.4 is 10.2 Å². The number of furan rings is 1. The van der Waals surface area contributed by atoms with Crippen LogP contribution in [0, 0.1) is 16.0 Å². The number of nitro groups is 1. The van der Waals surface area contributed by atoms with Crippen LogP contribution in [0.5, 0.6) is 0 Å². The van der Waals surface area contributed by atoms with Gasteiger partial charge in [-0.3, -0.25) is 19.7 Å². The van der Waals surface area contributed by atoms with Crippen LogP contribution in [0.2, 0.25) is 0 Å². The summed E-state index contributed by atoms with van der Waals surface area (Å²) in [5.74, 6) is -0.552. The number of carbonyl (C=O) groups excluding carboxylic acids is 2. The van der Waals surface area contributed by atoms with Crippen LogP contribution in [0.1, 0.15) is 16.1 Å². The number of fused-ring (bicyclic) bond motifs is 3. The summed E-state index contributed by atoms with van der Waals surface area (Å²) in [4.78, 5) is 40.2. The van der Waals surface area contributed by atoms with Gasteiger partial charge < -0.3 is 19.5 Å². The van der Waals surface area contributed by atoms with Gasteiger partial charge in [0.1, 0.15) is 0 Å². The lowest BCUT2D eigenvalue weighted by Crippen LogP contribution is -2.62. The first-order chi connectivity index (χ1) is 14.5. The fourth-order valence-electron chi connectivity index (χ4n) is 4.27. The molecule has 9 nitrogen and oxygen atoms in total. The number of hydrogen-bond acceptors (Lipinski definition) is 6. The fourth-order valence-corrected chi connectivity index (χ4v) is 4.27. The molecule has 0 radical (unpaired) electrons. The molecule has 30 heavy (non-hydrogen) atoms. The molecule has 9 heteroatoms. The second-order valence-electron chi connectivity index (χ2n) is 7.40. The molecule has 156 valence electrons. The molecule has 1 N–H and O–H groups in total. The van der Waals surface area contributed by atoms with Crippen LogP contribution in [-0.2, 0) is 11.2 Å². The predicted octanol–water partition coefficient (Wildman–Crippen LogP) is 1.99. The highest BCUT2D eigenvalue weighted by Gasteiger charge is 2.43. The summed E-state index contributed by atoms with van der Waals surface area (Å²) in [6, 6.07) is 7.81. The van der Waals surface area contributed by atoms with Crippen LogP contribution in [0.15, 0.2) is 53.7 Å². The Hall–Kier alpha value is -3.62. The van der Waals surface area contributed by atoms with E-state index in [0.29, 0.717) is 32.6 Å². The minimum absolute atomic E-state index is 0.00378. The normalized spacial score (nSPS) is 20.1. The first kappa shape index (κ1) is 19.7. The summed E-state index contributed by atoms with van der Waals surface area (Å²) in [7, 11) is 0. The Bertz CT molecular complexity index is 987. The smallest absolute Gasteiger partial charge is 0.289 e. The standard InChI is InChI=1S/C21H22N4O5/c1-2-7-22-20(26)16-12-14-11-15(25(28)29)5-6-17(14)24-9-8-23(13-18(16)24)21(27)19-4-3-10-30-19/h2-6,10-11,16,18H,1,7-9,12-13H2,(H,22,26)/t16-,18-/m0/s1. The van der Waals surface area contributed by atoms with E-state index in [1.807, 2.05) is 0 Å². The maximum atomic E-state index is 12.9. The molecule has 2 atom stereocenters. The van der Waals surface area contributed by atoms with Gasteiger partial charge in [0.15, 0.2) is 5.76 Å². The number of anilines is 1. The molecule has 1 aromatic heterocycles. The molecule has 0 spiro atoms. The van der Waals surface area contributed by atoms with Gasteiger partial charge in [-0.15, -0.1) is 6.58 Å². The molecule has 3 heterocycles. The van der Waals surface area contributed by atoms with E-state index in [4.69, 9.17) is 4.42 Å². The first-order valence-corrected chi connectivity index (χ1v) is 9.75. The van der Waals surface area contributed by atoms with Crippen molar-refractivity contribution in [2.45, 2.75) is 12.5 Å². The summed E-state index contributed by atoms with van der Waals surface area (Å²) in [6.07, 6.45) is 3.42. The van der Waals surface area contributed by atoms with E-state index in [0.717, 1.165) is 11.3 Å². The predicted molar refractivity (Wildman–Crippen MR) is 109 cm³/mol. The molecule has 2 aliphatic rings. The monoisotopic (exact) mass is 410 g/mol. The summed E-state index contributed by atoms with van der Waals surface area (Å²) in [5.41, 5.74) is 1.65. The molecule has 1 saturated heterocycles. The zero-order chi connectivity index (χ0) is 21.3. The SMILES string of the molecule is C=CCNC(=O)[C@H]1Cc2cc([N+](=O)[O-])ccc2N2CCN(C(=O)c3ccco3)C[C@@H]12. The number of carbonyl (C=O) groups is 2. The zero-order valence-corrected chi connectivity index (χ0v) is 16.3. The Morgan fingerprint density at radius 1 is 1.33 bits per heavy atom. The van der Waals surface area contributed by atoms with E-state index in [9.17, 15) is 19.7 Å². The van der Waals surface area contributed by atoms with E-state index in [2.05, 4.69) is 16.8 Å². The summed E-state index contributed by atoms with van der Waals surface area (Å²) in [5, 5.41) is 14.0. The summed E-state index contributed by atoms with van der Waals surface area (Å²) in [6.45, 7) is 5.31. The number of rotatable bonds is 5. The Kier molecular flexibility index (Phi) is 5.26. The highest BCUT2D eigenvalue weighted by molar-refractivity contribution is 5.92. The molecular weight excluding hydrogens is 388 g/mol. The fraction of sp³-hybridized carbons (Fsp3) is 0.333. The van der Waals surface area contributed by atoms with Gasteiger partial charge in [-0.1, -0.05) is 6.08 Å². The quantitative estimate of drug-likeness (QED) is 0.459. The van der Waals surface area contributed by atoms with Gasteiger partial charge in [0, 0.05) is 44.0 Å². The van der Waals surface area contributed by atoms with Crippen molar-refractivity contribution in [1.82, 2.24) is 10.2 Å². The lowest BCUT2D eigenvalue weighted by atomic mass is 9.83. The van der Waals surface area contributed by atoms with Gasteiger partial charge in [-0.05, 0) is 30.2 Å². The first-order valence-electron chi connectivity index (χ1n) is 9.75. The number of hydrogen-bond donors (Lipinski definition) is 1. The minimum Gasteiger partial charge on any atom is -0.459 e. The van der Waals surface area contributed by atoms with E-state index in [-0.39, 0.29) is 29.3 Å². The van der Waals surface area contributed by atoms with E-state index in [1.54, 1.807) is 35.2 Å². The number of nitrogens with one attached hydrogen (secondary N) is 1. The van der Waals surface area contributed by atoms with Gasteiger partial charge in [-0.2, -0.15) is 0 Å². The van der Waals surface area contributed by atoms with Gasteiger partial charge in [0.25, 0.3) is 11.6 Å². The summed E-state index contributed by atoms with van der Waals surface area (Å²) >= 11 is 0. The second-order valence-corrected chi connectivity index (χ2v) is 7.40. The highest BCUT2D eigenvalue weighted by atomic mass is 16.6. The third-order valence-electron chi connectivity index (χ3n) is 5.68. The number of piperazine rings is 1. The number of nitrogens with zero attached hydrogens (tertiary/aromatic N) is 3. The largest absolute Gasteiger partial charge is 0.459 e. The van der Waals surface area contributed by atoms with Crippen LogP contribution in [-0.4, -0.2) is 53.9 Å². The van der Waals surface area contributed by atoms with Crippen LogP contribution in [0.3, 0.4) is 0 Å². The van der Waals surface area contributed by atoms with E-state index < -0.39 is 10.8 Å². The molecule has 2 aromatic rings. The Balaban J connectivity index is 1.65. The van der Waals surface area contributed by atoms with Crippen molar-refractivity contribution in [3.8, 4) is 0 Å². The zero-order valence-electron chi connectivity index (χ0n) is 16.3. The van der Waals surface area contributed by atoms with Crippen LogP contribution >= 0.6 is 0 Å². The molecule has 2 amide bonds. The topological polar surface area (TPSA) is 109 Å². The lowest BCUT2D eigenvalue weighted by molar-refractivity contribution is -0.384. The minimum atomic E-state index is -0.452. The molecule has 0 saturated carbocycles. The van der Waals surface area contributed by atoms with Gasteiger partial charge in [-0.25, -0.2) is 0 Å². The van der Waals surface area contributed by atoms with E-state index in [1.165, 1.54) is 12.3 Å². The molecule has 0 aliphatic carbocycles. The molecule has 0 unspecified atom stereocenters. The maximum Gasteiger partial charge on any atom is 0.289 e. The number of amides is 2. The highest BCUT2D eigenvalue weighted by Crippen LogP contribution is 2.38. The molecular formula is C21H22N4O5. The Morgan fingerprint density at radius 2 is 2.17 bits per heavy atom. The van der Waals surface area contributed by atoms with Crippen molar-refractivity contribution in [3.63, 3.8) is 0 Å². The van der Waals surface area contributed by atoms with Crippen molar-refractivity contribution in [2.75, 3.05) is 31.1 Å². The number of non-ortho nitro benzene ring substituents is 1. The summed E-state index contributed by atoms with van der Waals surface area (Å²) < 4.78 is 5.24.